The number of nitrogens with zero attached hydrogens (tertiary/aromatic N) is 1. The summed E-state index contributed by atoms with van der Waals surface area (Å²) < 4.78 is 0. The molecule has 0 heterocycles. The van der Waals surface area contributed by atoms with Gasteiger partial charge in [0.05, 0.1) is 21.1 Å². The van der Waals surface area contributed by atoms with Gasteiger partial charge in [0.1, 0.15) is 5.69 Å². The van der Waals surface area contributed by atoms with E-state index in [2.05, 4.69) is 17.6 Å². The number of nitro benzene ring substituents is 1. The van der Waals surface area contributed by atoms with Crippen LogP contribution in [-0.4, -0.2) is 34.1 Å². The topological polar surface area (TPSA) is 104 Å². The molecule has 1 saturated carbocycles. The van der Waals surface area contributed by atoms with Crippen LogP contribution in [0, 0.1) is 16.0 Å². The normalized spacial score (nSPS) is 20.5. The molecule has 1 aliphatic rings. The molecule has 3 N–H and O–H groups in total. The summed E-state index contributed by atoms with van der Waals surface area (Å²) in [7, 11) is 0. The predicted molar refractivity (Wildman–Crippen MR) is 102 cm³/mol. The lowest BCUT2D eigenvalue weighted by atomic mass is 9.87. The Morgan fingerprint density at radius 2 is 1.96 bits per heavy atom. The quantitative estimate of drug-likeness (QED) is 0.512. The minimum absolute atomic E-state index is 0.0711. The van der Waals surface area contributed by atoms with E-state index in [1.165, 1.54) is 12.1 Å². The lowest BCUT2D eigenvalue weighted by Gasteiger charge is -2.27. The first-order valence-electron chi connectivity index (χ1n) is 8.82. The molecule has 26 heavy (non-hydrogen) atoms. The molecule has 0 bridgehead atoms. The first-order valence-corrected chi connectivity index (χ1v) is 9.19. The maximum atomic E-state index is 12.5. The lowest BCUT2D eigenvalue weighted by Crippen LogP contribution is -2.37. The Kier molecular flexibility index (Phi) is 6.47. The molecule has 0 unspecified atom stereocenters. The Morgan fingerprint density at radius 1 is 1.35 bits per heavy atom. The number of nitro groups is 1. The molecule has 0 saturated heterocycles. The summed E-state index contributed by atoms with van der Waals surface area (Å²) in [6.45, 7) is 5.47. The van der Waals surface area contributed by atoms with Gasteiger partial charge in [0.15, 0.2) is 0 Å². The van der Waals surface area contributed by atoms with Crippen LogP contribution in [0.25, 0.3) is 0 Å². The van der Waals surface area contributed by atoms with E-state index >= 15 is 0 Å². The molecule has 1 aromatic carbocycles. The van der Waals surface area contributed by atoms with Gasteiger partial charge in [-0.3, -0.25) is 14.9 Å². The maximum absolute atomic E-state index is 12.5. The number of benzene rings is 1. The van der Waals surface area contributed by atoms with Gasteiger partial charge in [0.2, 0.25) is 0 Å². The number of carbonyl (C=O) groups is 1. The first kappa shape index (κ1) is 20.5. The van der Waals surface area contributed by atoms with Crippen molar-refractivity contribution in [3.05, 3.63) is 32.8 Å². The highest BCUT2D eigenvalue weighted by Gasteiger charge is 2.25. The third-order valence-electron chi connectivity index (χ3n) is 4.59. The van der Waals surface area contributed by atoms with Crippen LogP contribution in [0.1, 0.15) is 56.8 Å². The van der Waals surface area contributed by atoms with Crippen molar-refractivity contribution < 1.29 is 14.8 Å². The Labute approximate surface area is 158 Å². The van der Waals surface area contributed by atoms with Crippen molar-refractivity contribution in [2.24, 2.45) is 5.92 Å². The summed E-state index contributed by atoms with van der Waals surface area (Å²) in [6, 6.07) is 2.63. The fourth-order valence-corrected chi connectivity index (χ4v) is 3.26. The van der Waals surface area contributed by atoms with E-state index in [1.54, 1.807) is 13.8 Å². The zero-order valence-electron chi connectivity index (χ0n) is 15.3. The molecule has 7 nitrogen and oxygen atoms in total. The van der Waals surface area contributed by atoms with Gasteiger partial charge in [0.25, 0.3) is 11.6 Å². The minimum atomic E-state index is -1.05. The fourth-order valence-electron chi connectivity index (χ4n) is 3.01. The van der Waals surface area contributed by atoms with E-state index in [9.17, 15) is 20.0 Å². The number of halogens is 1. The maximum Gasteiger partial charge on any atom is 0.293 e. The fraction of sp³-hybridized carbons (Fsp3) is 0.611. The van der Waals surface area contributed by atoms with E-state index in [-0.39, 0.29) is 34.5 Å². The van der Waals surface area contributed by atoms with Crippen molar-refractivity contribution in [1.82, 2.24) is 5.32 Å². The van der Waals surface area contributed by atoms with Gasteiger partial charge in [-0.1, -0.05) is 18.5 Å². The van der Waals surface area contributed by atoms with Crippen molar-refractivity contribution in [2.45, 2.75) is 58.1 Å². The van der Waals surface area contributed by atoms with Crippen molar-refractivity contribution in [2.75, 3.05) is 11.9 Å². The molecule has 2 rings (SSSR count). The van der Waals surface area contributed by atoms with E-state index in [1.807, 2.05) is 0 Å². The zero-order chi connectivity index (χ0) is 19.5. The smallest absolute Gasteiger partial charge is 0.293 e. The summed E-state index contributed by atoms with van der Waals surface area (Å²) in [5.41, 5.74) is -1.04. The molecule has 0 radical (unpaired) electrons. The van der Waals surface area contributed by atoms with Gasteiger partial charge in [-0.05, 0) is 51.5 Å². The largest absolute Gasteiger partial charge is 0.389 e. The second-order valence-corrected chi connectivity index (χ2v) is 8.11. The van der Waals surface area contributed by atoms with Gasteiger partial charge in [-0.25, -0.2) is 0 Å². The van der Waals surface area contributed by atoms with Crippen LogP contribution in [0.15, 0.2) is 12.1 Å². The zero-order valence-corrected chi connectivity index (χ0v) is 16.1. The Balaban J connectivity index is 2.19. The monoisotopic (exact) mass is 383 g/mol. The molecule has 1 aliphatic carbocycles. The van der Waals surface area contributed by atoms with Crippen molar-refractivity contribution in [3.63, 3.8) is 0 Å². The highest BCUT2D eigenvalue weighted by molar-refractivity contribution is 6.34. The lowest BCUT2D eigenvalue weighted by molar-refractivity contribution is -0.384. The third-order valence-corrected chi connectivity index (χ3v) is 4.90. The number of hydrogen-bond donors (Lipinski definition) is 3. The Bertz CT molecular complexity index is 680. The number of hydrogen-bond acceptors (Lipinski definition) is 5. The number of rotatable bonds is 6. The van der Waals surface area contributed by atoms with E-state index in [4.69, 9.17) is 11.6 Å². The van der Waals surface area contributed by atoms with E-state index < -0.39 is 16.4 Å². The van der Waals surface area contributed by atoms with Crippen LogP contribution in [-0.2, 0) is 0 Å². The molecule has 1 fully saturated rings. The summed E-state index contributed by atoms with van der Waals surface area (Å²) in [5.74, 6) is 0.264. The predicted octanol–water partition coefficient (Wildman–Crippen LogP) is 3.74. The highest BCUT2D eigenvalue weighted by Crippen LogP contribution is 2.32. The number of carbonyl (C=O) groups excluding carboxylic acids is 1. The van der Waals surface area contributed by atoms with E-state index in [0.29, 0.717) is 5.92 Å². The second-order valence-electron chi connectivity index (χ2n) is 7.70. The molecule has 0 spiro atoms. The van der Waals surface area contributed by atoms with Crippen LogP contribution in [0.5, 0.6) is 0 Å². The highest BCUT2D eigenvalue weighted by atomic mass is 35.5. The molecule has 1 amide bonds. The molecular weight excluding hydrogens is 358 g/mol. The van der Waals surface area contributed by atoms with Crippen LogP contribution in [0.4, 0.5) is 11.4 Å². The van der Waals surface area contributed by atoms with Crippen molar-refractivity contribution in [3.8, 4) is 0 Å². The molecule has 1 aromatic rings. The summed E-state index contributed by atoms with van der Waals surface area (Å²) in [4.78, 5) is 23.4. The number of anilines is 1. The average molecular weight is 384 g/mol. The third kappa shape index (κ3) is 5.57. The van der Waals surface area contributed by atoms with Crippen LogP contribution in [0.3, 0.4) is 0 Å². The molecule has 0 atom stereocenters. The van der Waals surface area contributed by atoms with Crippen molar-refractivity contribution >= 4 is 28.9 Å². The van der Waals surface area contributed by atoms with Crippen molar-refractivity contribution in [1.29, 1.82) is 0 Å². The van der Waals surface area contributed by atoms with E-state index in [0.717, 1.165) is 25.7 Å². The molecule has 0 aliphatic heterocycles. The standard InChI is InChI=1S/C18H26ClN3O4/c1-11-4-6-12(7-5-11)21-17(23)13-8-16(22(25)26)15(9-14(13)19)20-10-18(2,3)24/h8-9,11-12,20,24H,4-7,10H2,1-3H3,(H,21,23)/t11-,12-. The molecular formula is C18H26ClN3O4. The van der Waals surface area contributed by atoms with Gasteiger partial charge >= 0.3 is 0 Å². The van der Waals surface area contributed by atoms with Crippen LogP contribution >= 0.6 is 11.6 Å². The van der Waals surface area contributed by atoms with Gasteiger partial charge in [-0.15, -0.1) is 0 Å². The Morgan fingerprint density at radius 3 is 2.50 bits per heavy atom. The van der Waals surface area contributed by atoms with Crippen LogP contribution in [0.2, 0.25) is 5.02 Å². The number of aliphatic hydroxyl groups is 1. The molecule has 0 aromatic heterocycles. The van der Waals surface area contributed by atoms with Gasteiger partial charge in [0, 0.05) is 18.7 Å². The summed E-state index contributed by atoms with van der Waals surface area (Å²) >= 11 is 6.21. The first-order chi connectivity index (χ1) is 12.1. The number of nitrogens with one attached hydrogen (secondary N) is 2. The average Bonchev–Trinajstić information content (AvgIpc) is 2.54. The van der Waals surface area contributed by atoms with Crippen LogP contribution < -0.4 is 10.6 Å². The molecule has 8 heteroatoms. The van der Waals surface area contributed by atoms with Gasteiger partial charge < -0.3 is 15.7 Å². The minimum Gasteiger partial charge on any atom is -0.389 e. The summed E-state index contributed by atoms with van der Waals surface area (Å²) in [5, 5.41) is 27.1. The number of amides is 1. The SMILES string of the molecule is CC(C)(O)CNc1cc(Cl)c(C(=O)N[C@H]2CC[C@H](C)CC2)cc1[N+](=O)[O-]. The Hall–Kier alpha value is -1.86. The second kappa shape index (κ2) is 8.22. The molecule has 144 valence electrons. The summed E-state index contributed by atoms with van der Waals surface area (Å²) in [6.07, 6.45) is 3.91. The van der Waals surface area contributed by atoms with Gasteiger partial charge in [-0.2, -0.15) is 0 Å².